The van der Waals surface area contributed by atoms with Crippen LogP contribution in [0.3, 0.4) is 0 Å². The first kappa shape index (κ1) is 21.4. The molecule has 6 nitrogen and oxygen atoms in total. The van der Waals surface area contributed by atoms with Crippen molar-refractivity contribution in [1.29, 1.82) is 0 Å². The van der Waals surface area contributed by atoms with Crippen LogP contribution in [0, 0.1) is 0 Å². The molecule has 6 heteroatoms. The van der Waals surface area contributed by atoms with Gasteiger partial charge in [0.25, 0.3) is 0 Å². The van der Waals surface area contributed by atoms with E-state index in [2.05, 4.69) is 4.98 Å². The topological polar surface area (TPSA) is 81.8 Å². The van der Waals surface area contributed by atoms with Crippen molar-refractivity contribution in [3.63, 3.8) is 0 Å². The highest BCUT2D eigenvalue weighted by Crippen LogP contribution is 2.23. The minimum absolute atomic E-state index is 0.168. The zero-order valence-corrected chi connectivity index (χ0v) is 16.4. The maximum absolute atomic E-state index is 11.7. The van der Waals surface area contributed by atoms with Gasteiger partial charge in [-0.1, -0.05) is 26.0 Å². The second kappa shape index (κ2) is 11.8. The third-order valence-electron chi connectivity index (χ3n) is 3.92. The van der Waals surface area contributed by atoms with Crippen molar-refractivity contribution in [1.82, 2.24) is 4.98 Å². The summed E-state index contributed by atoms with van der Waals surface area (Å²) in [7, 11) is 0. The van der Waals surface area contributed by atoms with Crippen molar-refractivity contribution in [3.05, 3.63) is 64.8 Å². The summed E-state index contributed by atoms with van der Waals surface area (Å²) in [4.78, 5) is 16.0. The molecule has 0 aliphatic carbocycles. The minimum atomic E-state index is -0.303. The summed E-state index contributed by atoms with van der Waals surface area (Å²) < 4.78 is 16.3. The Morgan fingerprint density at radius 2 is 1.71 bits per heavy atom. The summed E-state index contributed by atoms with van der Waals surface area (Å²) >= 11 is 0. The van der Waals surface area contributed by atoms with Crippen LogP contribution in [0.15, 0.2) is 58.1 Å². The van der Waals surface area contributed by atoms with E-state index in [0.717, 1.165) is 35.9 Å². The molecule has 0 spiro atoms. The monoisotopic (exact) mass is 385 g/mol. The highest BCUT2D eigenvalue weighted by molar-refractivity contribution is 5.84. The number of aromatic nitrogens is 1. The molecule has 0 aliphatic rings. The maximum atomic E-state index is 11.7. The van der Waals surface area contributed by atoms with Gasteiger partial charge >= 0.3 is 0 Å². The van der Waals surface area contributed by atoms with Crippen LogP contribution in [0.5, 0.6) is 11.5 Å². The molecule has 0 amide bonds. The van der Waals surface area contributed by atoms with E-state index in [-0.39, 0.29) is 23.5 Å². The number of unbranched alkanes of at least 4 members (excludes halogenated alkanes) is 2. The van der Waals surface area contributed by atoms with Gasteiger partial charge in [-0.25, -0.2) is 0 Å². The van der Waals surface area contributed by atoms with Crippen LogP contribution in [-0.4, -0.2) is 23.3 Å². The van der Waals surface area contributed by atoms with E-state index >= 15 is 0 Å². The molecule has 0 saturated carbocycles. The molecule has 0 saturated heterocycles. The average molecular weight is 385 g/mol. The quantitative estimate of drug-likeness (QED) is 0.552. The number of fused-ring (bicyclic) bond motifs is 1. The lowest BCUT2D eigenvalue weighted by Crippen LogP contribution is -2.09. The van der Waals surface area contributed by atoms with Crippen molar-refractivity contribution >= 4 is 10.9 Å². The van der Waals surface area contributed by atoms with Gasteiger partial charge in [0.1, 0.15) is 24.4 Å². The molecule has 0 radical (unpaired) electrons. The highest BCUT2D eigenvalue weighted by atomic mass is 16.5. The van der Waals surface area contributed by atoms with Gasteiger partial charge in [0.05, 0.1) is 18.7 Å². The molecule has 0 aliphatic heterocycles. The lowest BCUT2D eigenvalue weighted by atomic mass is 10.2. The molecule has 0 unspecified atom stereocenters. The number of aliphatic hydroxyl groups is 1. The van der Waals surface area contributed by atoms with Gasteiger partial charge in [-0.2, -0.15) is 0 Å². The average Bonchev–Trinajstić information content (AvgIpc) is 2.75. The van der Waals surface area contributed by atoms with Crippen LogP contribution in [0.25, 0.3) is 10.9 Å². The molecule has 150 valence electrons. The lowest BCUT2D eigenvalue weighted by molar-refractivity contribution is 0.235. The SMILES string of the molecule is CC.O=c1cc(CO)occ1OCCCCCOc1ccnc2ccccc12. The number of para-hydroxylation sites is 1. The van der Waals surface area contributed by atoms with Gasteiger partial charge in [-0.05, 0) is 37.5 Å². The summed E-state index contributed by atoms with van der Waals surface area (Å²) in [5.41, 5.74) is 0.637. The van der Waals surface area contributed by atoms with Crippen molar-refractivity contribution in [2.75, 3.05) is 13.2 Å². The third-order valence-corrected chi connectivity index (χ3v) is 3.92. The molecule has 3 aromatic rings. The van der Waals surface area contributed by atoms with Gasteiger partial charge in [-0.15, -0.1) is 0 Å². The fraction of sp³-hybridized carbons (Fsp3) is 0.364. The first-order valence-electron chi connectivity index (χ1n) is 9.60. The Morgan fingerprint density at radius 1 is 1.00 bits per heavy atom. The van der Waals surface area contributed by atoms with E-state index in [9.17, 15) is 4.79 Å². The molecule has 2 aromatic heterocycles. The molecular formula is C22H27NO5. The van der Waals surface area contributed by atoms with Crippen molar-refractivity contribution in [3.8, 4) is 11.5 Å². The molecule has 28 heavy (non-hydrogen) atoms. The molecule has 0 fully saturated rings. The van der Waals surface area contributed by atoms with Gasteiger partial charge < -0.3 is 19.0 Å². The van der Waals surface area contributed by atoms with E-state index in [4.69, 9.17) is 19.0 Å². The van der Waals surface area contributed by atoms with Crippen LogP contribution in [-0.2, 0) is 6.61 Å². The van der Waals surface area contributed by atoms with E-state index in [1.165, 1.54) is 12.3 Å². The zero-order valence-electron chi connectivity index (χ0n) is 16.4. The zero-order chi connectivity index (χ0) is 20.2. The fourth-order valence-corrected chi connectivity index (χ4v) is 2.57. The van der Waals surface area contributed by atoms with Crippen LogP contribution < -0.4 is 14.9 Å². The normalized spacial score (nSPS) is 10.2. The first-order valence-corrected chi connectivity index (χ1v) is 9.60. The number of pyridine rings is 1. The number of ether oxygens (including phenoxy) is 2. The van der Waals surface area contributed by atoms with Crippen LogP contribution >= 0.6 is 0 Å². The number of hydrogen-bond donors (Lipinski definition) is 1. The van der Waals surface area contributed by atoms with Gasteiger partial charge in [0.2, 0.25) is 11.2 Å². The standard InChI is InChI=1S/C20H21NO5.C2H6/c22-13-15-12-18(23)20(14-26-15)25-11-5-1-4-10-24-19-8-9-21-17-7-3-2-6-16(17)19;1-2/h2-3,6-9,12,14,22H,1,4-5,10-11,13H2;1-2H3. The molecule has 2 heterocycles. The van der Waals surface area contributed by atoms with Gasteiger partial charge in [0.15, 0.2) is 0 Å². The van der Waals surface area contributed by atoms with E-state index in [1.807, 2.05) is 44.2 Å². The molecule has 3 rings (SSSR count). The Hall–Kier alpha value is -2.86. The van der Waals surface area contributed by atoms with E-state index < -0.39 is 0 Å². The largest absolute Gasteiger partial charge is 0.493 e. The number of nitrogens with zero attached hydrogens (tertiary/aromatic N) is 1. The molecule has 1 N–H and O–H groups in total. The second-order valence-corrected chi connectivity index (χ2v) is 5.82. The number of aliphatic hydroxyl groups excluding tert-OH is 1. The van der Waals surface area contributed by atoms with Gasteiger partial charge in [-0.3, -0.25) is 9.78 Å². The summed E-state index contributed by atoms with van der Waals surface area (Å²) in [5, 5.41) is 9.91. The summed E-state index contributed by atoms with van der Waals surface area (Å²) in [6, 6.07) is 11.0. The first-order chi connectivity index (χ1) is 13.8. The van der Waals surface area contributed by atoms with Crippen molar-refractivity contribution in [2.24, 2.45) is 0 Å². The Balaban J connectivity index is 0.00000136. The Bertz CT molecular complexity index is 901. The number of benzene rings is 1. The highest BCUT2D eigenvalue weighted by Gasteiger charge is 2.04. The van der Waals surface area contributed by atoms with Crippen LogP contribution in [0.1, 0.15) is 38.9 Å². The van der Waals surface area contributed by atoms with Crippen LogP contribution in [0.2, 0.25) is 0 Å². The molecular weight excluding hydrogens is 358 g/mol. The molecule has 0 atom stereocenters. The van der Waals surface area contributed by atoms with Crippen LogP contribution in [0.4, 0.5) is 0 Å². The molecule has 0 bridgehead atoms. The maximum Gasteiger partial charge on any atom is 0.227 e. The number of hydrogen-bond acceptors (Lipinski definition) is 6. The third kappa shape index (κ3) is 6.09. The van der Waals surface area contributed by atoms with E-state index in [0.29, 0.717) is 13.2 Å². The minimum Gasteiger partial charge on any atom is -0.493 e. The predicted octanol–water partition coefficient (Wildman–Crippen LogP) is 4.33. The fourth-order valence-electron chi connectivity index (χ4n) is 2.57. The smallest absolute Gasteiger partial charge is 0.227 e. The van der Waals surface area contributed by atoms with Crippen molar-refractivity contribution < 1.29 is 19.0 Å². The van der Waals surface area contributed by atoms with Crippen molar-refractivity contribution in [2.45, 2.75) is 39.7 Å². The second-order valence-electron chi connectivity index (χ2n) is 5.82. The summed E-state index contributed by atoms with van der Waals surface area (Å²) in [6.45, 7) is 4.74. The van der Waals surface area contributed by atoms with Gasteiger partial charge in [0, 0.05) is 17.6 Å². The Kier molecular flexibility index (Phi) is 9.01. The lowest BCUT2D eigenvalue weighted by Gasteiger charge is -2.09. The van der Waals surface area contributed by atoms with E-state index in [1.54, 1.807) is 6.20 Å². The Labute approximate surface area is 164 Å². The molecule has 1 aromatic carbocycles. The summed E-state index contributed by atoms with van der Waals surface area (Å²) in [5.74, 6) is 1.23. The summed E-state index contributed by atoms with van der Waals surface area (Å²) in [6.07, 6.45) is 5.60. The number of rotatable bonds is 9. The predicted molar refractivity (Wildman–Crippen MR) is 109 cm³/mol. The Morgan fingerprint density at radius 3 is 2.43 bits per heavy atom.